The number of ether oxygens (including phenoxy) is 1. The number of hydrogen-bond donors (Lipinski definition) is 1. The second kappa shape index (κ2) is 6.00. The zero-order valence-electron chi connectivity index (χ0n) is 14.3. The SMILES string of the molecule is Cc1cccc2cc(C(=O)N[C@H]3CCO[C@H](C(C)(C)C)C3)oc12. The van der Waals surface area contributed by atoms with Crippen molar-refractivity contribution in [3.63, 3.8) is 0 Å². The van der Waals surface area contributed by atoms with Crippen LogP contribution < -0.4 is 5.32 Å². The Morgan fingerprint density at radius 1 is 1.30 bits per heavy atom. The summed E-state index contributed by atoms with van der Waals surface area (Å²) in [5, 5.41) is 4.07. The van der Waals surface area contributed by atoms with Crippen molar-refractivity contribution in [3.8, 4) is 0 Å². The second-order valence-electron chi connectivity index (χ2n) is 7.52. The van der Waals surface area contributed by atoms with Crippen LogP contribution in [0.15, 0.2) is 28.7 Å². The van der Waals surface area contributed by atoms with Crippen LogP contribution in [0.1, 0.15) is 49.7 Å². The van der Waals surface area contributed by atoms with Crippen molar-refractivity contribution in [2.45, 2.75) is 52.7 Å². The van der Waals surface area contributed by atoms with Crippen LogP contribution in [0.3, 0.4) is 0 Å². The third-order valence-electron chi connectivity index (χ3n) is 4.55. The van der Waals surface area contributed by atoms with Crippen LogP contribution in [-0.4, -0.2) is 24.7 Å². The Morgan fingerprint density at radius 2 is 2.09 bits per heavy atom. The molecule has 0 aliphatic carbocycles. The number of carbonyl (C=O) groups is 1. The van der Waals surface area contributed by atoms with Gasteiger partial charge in [0, 0.05) is 18.0 Å². The summed E-state index contributed by atoms with van der Waals surface area (Å²) in [7, 11) is 0. The highest BCUT2D eigenvalue weighted by Gasteiger charge is 2.32. The number of fused-ring (bicyclic) bond motifs is 1. The van der Waals surface area contributed by atoms with Crippen LogP contribution in [0.2, 0.25) is 0 Å². The van der Waals surface area contributed by atoms with Crippen molar-refractivity contribution in [2.24, 2.45) is 5.41 Å². The quantitative estimate of drug-likeness (QED) is 0.909. The lowest BCUT2D eigenvalue weighted by Gasteiger charge is -2.37. The number of carbonyl (C=O) groups excluding carboxylic acids is 1. The molecule has 1 saturated heterocycles. The van der Waals surface area contributed by atoms with Gasteiger partial charge in [-0.1, -0.05) is 39.0 Å². The van der Waals surface area contributed by atoms with E-state index in [0.717, 1.165) is 29.4 Å². The number of amides is 1. The van der Waals surface area contributed by atoms with Crippen LogP contribution in [-0.2, 0) is 4.74 Å². The van der Waals surface area contributed by atoms with Gasteiger partial charge in [-0.2, -0.15) is 0 Å². The van der Waals surface area contributed by atoms with E-state index in [2.05, 4.69) is 26.1 Å². The van der Waals surface area contributed by atoms with Gasteiger partial charge in [0.2, 0.25) is 0 Å². The topological polar surface area (TPSA) is 51.5 Å². The van der Waals surface area contributed by atoms with Gasteiger partial charge in [0.15, 0.2) is 5.76 Å². The molecule has 1 aromatic carbocycles. The first kappa shape index (κ1) is 16.1. The van der Waals surface area contributed by atoms with E-state index in [0.29, 0.717) is 12.4 Å². The molecule has 1 N–H and O–H groups in total. The highest BCUT2D eigenvalue weighted by molar-refractivity contribution is 5.96. The summed E-state index contributed by atoms with van der Waals surface area (Å²) in [5.74, 6) is 0.244. The molecule has 4 nitrogen and oxygen atoms in total. The van der Waals surface area contributed by atoms with Gasteiger partial charge in [0.25, 0.3) is 5.91 Å². The molecule has 23 heavy (non-hydrogen) atoms. The molecule has 1 fully saturated rings. The number of benzene rings is 1. The monoisotopic (exact) mass is 315 g/mol. The van der Waals surface area contributed by atoms with Crippen LogP contribution in [0.4, 0.5) is 0 Å². The second-order valence-corrected chi connectivity index (χ2v) is 7.52. The number of nitrogens with one attached hydrogen (secondary N) is 1. The van der Waals surface area contributed by atoms with Gasteiger partial charge in [0.1, 0.15) is 5.58 Å². The van der Waals surface area contributed by atoms with Gasteiger partial charge in [-0.05, 0) is 36.8 Å². The lowest BCUT2D eigenvalue weighted by Crippen LogP contribution is -2.45. The van der Waals surface area contributed by atoms with Gasteiger partial charge in [-0.3, -0.25) is 4.79 Å². The lowest BCUT2D eigenvalue weighted by molar-refractivity contribution is -0.0570. The molecule has 4 heteroatoms. The number of hydrogen-bond acceptors (Lipinski definition) is 3. The summed E-state index contributed by atoms with van der Waals surface area (Å²) in [5.41, 5.74) is 1.91. The molecular formula is C19H25NO3. The van der Waals surface area contributed by atoms with E-state index in [1.807, 2.05) is 31.2 Å². The first-order valence-corrected chi connectivity index (χ1v) is 8.26. The minimum atomic E-state index is -0.139. The minimum Gasteiger partial charge on any atom is -0.451 e. The third kappa shape index (κ3) is 3.42. The highest BCUT2D eigenvalue weighted by Crippen LogP contribution is 2.30. The van der Waals surface area contributed by atoms with E-state index in [9.17, 15) is 4.79 Å². The first-order chi connectivity index (χ1) is 10.8. The maximum Gasteiger partial charge on any atom is 0.287 e. The molecule has 2 atom stereocenters. The maximum atomic E-state index is 12.5. The summed E-state index contributed by atoms with van der Waals surface area (Å²) in [6, 6.07) is 7.88. The van der Waals surface area contributed by atoms with E-state index in [-0.39, 0.29) is 23.5 Å². The zero-order valence-corrected chi connectivity index (χ0v) is 14.3. The average Bonchev–Trinajstić information content (AvgIpc) is 2.92. The fraction of sp³-hybridized carbons (Fsp3) is 0.526. The van der Waals surface area contributed by atoms with Crippen molar-refractivity contribution in [1.29, 1.82) is 0 Å². The number of rotatable bonds is 2. The van der Waals surface area contributed by atoms with Gasteiger partial charge in [-0.15, -0.1) is 0 Å². The molecule has 1 aliphatic heterocycles. The van der Waals surface area contributed by atoms with Crippen LogP contribution >= 0.6 is 0 Å². The van der Waals surface area contributed by atoms with Crippen molar-refractivity contribution in [1.82, 2.24) is 5.32 Å². The smallest absolute Gasteiger partial charge is 0.287 e. The summed E-state index contributed by atoms with van der Waals surface area (Å²) in [4.78, 5) is 12.5. The first-order valence-electron chi connectivity index (χ1n) is 8.26. The number of aryl methyl sites for hydroxylation is 1. The molecule has 124 valence electrons. The predicted molar refractivity (Wildman–Crippen MR) is 90.6 cm³/mol. The van der Waals surface area contributed by atoms with Crippen molar-refractivity contribution in [2.75, 3.05) is 6.61 Å². The van der Waals surface area contributed by atoms with E-state index < -0.39 is 0 Å². The van der Waals surface area contributed by atoms with Crippen molar-refractivity contribution in [3.05, 3.63) is 35.6 Å². The van der Waals surface area contributed by atoms with Crippen LogP contribution in [0.5, 0.6) is 0 Å². The minimum absolute atomic E-state index is 0.0832. The molecule has 2 aromatic rings. The Bertz CT molecular complexity index is 711. The molecule has 0 spiro atoms. The summed E-state index contributed by atoms with van der Waals surface area (Å²) < 4.78 is 11.6. The molecule has 2 heterocycles. The molecule has 0 saturated carbocycles. The summed E-state index contributed by atoms with van der Waals surface area (Å²) in [6.45, 7) is 9.18. The van der Waals surface area contributed by atoms with Crippen LogP contribution in [0.25, 0.3) is 11.0 Å². The number of furan rings is 1. The van der Waals surface area contributed by atoms with Gasteiger partial charge < -0.3 is 14.5 Å². The van der Waals surface area contributed by atoms with Gasteiger partial charge in [0.05, 0.1) is 6.10 Å². The van der Waals surface area contributed by atoms with Crippen molar-refractivity contribution >= 4 is 16.9 Å². The Labute approximate surface area is 137 Å². The fourth-order valence-electron chi connectivity index (χ4n) is 3.11. The zero-order chi connectivity index (χ0) is 16.6. The maximum absolute atomic E-state index is 12.5. The van der Waals surface area contributed by atoms with E-state index in [1.165, 1.54) is 0 Å². The summed E-state index contributed by atoms with van der Waals surface area (Å²) in [6.07, 6.45) is 1.85. The highest BCUT2D eigenvalue weighted by atomic mass is 16.5. The molecular weight excluding hydrogens is 290 g/mol. The lowest BCUT2D eigenvalue weighted by atomic mass is 9.83. The van der Waals surface area contributed by atoms with Gasteiger partial charge in [-0.25, -0.2) is 0 Å². The van der Waals surface area contributed by atoms with Gasteiger partial charge >= 0.3 is 0 Å². The number of para-hydroxylation sites is 1. The average molecular weight is 315 g/mol. The van der Waals surface area contributed by atoms with E-state index >= 15 is 0 Å². The molecule has 0 radical (unpaired) electrons. The predicted octanol–water partition coefficient (Wildman–Crippen LogP) is 4.06. The molecule has 1 aliphatic rings. The normalized spacial score (nSPS) is 22.3. The molecule has 1 amide bonds. The summed E-state index contributed by atoms with van der Waals surface area (Å²) >= 11 is 0. The fourth-order valence-corrected chi connectivity index (χ4v) is 3.11. The largest absolute Gasteiger partial charge is 0.451 e. The molecule has 0 unspecified atom stereocenters. The Hall–Kier alpha value is -1.81. The Morgan fingerprint density at radius 3 is 2.78 bits per heavy atom. The molecule has 1 aromatic heterocycles. The molecule has 0 bridgehead atoms. The Kier molecular flexibility index (Phi) is 4.19. The van der Waals surface area contributed by atoms with E-state index in [1.54, 1.807) is 0 Å². The third-order valence-corrected chi connectivity index (χ3v) is 4.55. The standard InChI is InChI=1S/C19H25NO3/c1-12-6-5-7-13-10-15(23-17(12)13)18(21)20-14-8-9-22-16(11-14)19(2,3)4/h5-7,10,14,16H,8-9,11H2,1-4H3,(H,20,21)/t14-,16-/m0/s1. The van der Waals surface area contributed by atoms with E-state index in [4.69, 9.17) is 9.15 Å². The van der Waals surface area contributed by atoms with Crippen molar-refractivity contribution < 1.29 is 13.9 Å². The molecule has 3 rings (SSSR count). The van der Waals surface area contributed by atoms with Crippen LogP contribution in [0, 0.1) is 12.3 Å². The Balaban J connectivity index is 1.72.